The Labute approximate surface area is 156 Å². The molecule has 1 saturated carbocycles. The number of carbonyl (C=O) groups is 2. The van der Waals surface area contributed by atoms with Crippen LogP contribution in [0.25, 0.3) is 0 Å². The lowest BCUT2D eigenvalue weighted by Crippen LogP contribution is -2.48. The molecule has 0 unspecified atom stereocenters. The van der Waals surface area contributed by atoms with Crippen LogP contribution in [0.15, 0.2) is 24.3 Å². The van der Waals surface area contributed by atoms with Gasteiger partial charge in [0.15, 0.2) is 5.78 Å². The standard InChI is InChI=1S/C22H30N2O2/c1-16-4-8-18(9-5-16)21(25)3-2-12-23-14-19-10-11-20(15-23)24(22(19)26)13-17-6-7-17/h4-5,8-9,17,19-20H,2-3,6-7,10-15H2,1H3/t19-,20+/m0/s1. The van der Waals surface area contributed by atoms with Crippen molar-refractivity contribution in [2.24, 2.45) is 11.8 Å². The molecular weight excluding hydrogens is 324 g/mol. The minimum absolute atomic E-state index is 0.181. The Morgan fingerprint density at radius 1 is 1.08 bits per heavy atom. The normalized spacial score (nSPS) is 26.2. The molecule has 4 fully saturated rings. The van der Waals surface area contributed by atoms with Crippen LogP contribution < -0.4 is 0 Å². The van der Waals surface area contributed by atoms with Crippen molar-refractivity contribution in [1.29, 1.82) is 0 Å². The van der Waals surface area contributed by atoms with Gasteiger partial charge < -0.3 is 9.80 Å². The Bertz CT molecular complexity index is 665. The van der Waals surface area contributed by atoms with Gasteiger partial charge in [-0.1, -0.05) is 29.8 Å². The van der Waals surface area contributed by atoms with Gasteiger partial charge in [-0.25, -0.2) is 0 Å². The molecule has 3 saturated heterocycles. The van der Waals surface area contributed by atoms with Crippen molar-refractivity contribution in [3.63, 3.8) is 0 Å². The van der Waals surface area contributed by atoms with E-state index in [1.54, 1.807) is 0 Å². The fraction of sp³-hybridized carbons (Fsp3) is 0.636. The first-order valence-corrected chi connectivity index (χ1v) is 10.2. The molecule has 1 amide bonds. The van der Waals surface area contributed by atoms with Crippen molar-refractivity contribution in [2.45, 2.75) is 51.5 Å². The largest absolute Gasteiger partial charge is 0.338 e. The summed E-state index contributed by atoms with van der Waals surface area (Å²) in [6.45, 7) is 5.83. The Balaban J connectivity index is 1.29. The summed E-state index contributed by atoms with van der Waals surface area (Å²) in [5, 5.41) is 0. The second-order valence-corrected chi connectivity index (χ2v) is 8.51. The second kappa shape index (κ2) is 7.51. The quantitative estimate of drug-likeness (QED) is 0.706. The highest BCUT2D eigenvalue weighted by Crippen LogP contribution is 2.35. The van der Waals surface area contributed by atoms with E-state index in [4.69, 9.17) is 0 Å². The average molecular weight is 354 g/mol. The Hall–Kier alpha value is -1.68. The van der Waals surface area contributed by atoms with Crippen LogP contribution in [0.5, 0.6) is 0 Å². The summed E-state index contributed by atoms with van der Waals surface area (Å²) in [5.41, 5.74) is 2.00. The van der Waals surface area contributed by atoms with E-state index in [-0.39, 0.29) is 11.7 Å². The van der Waals surface area contributed by atoms with Gasteiger partial charge in [0, 0.05) is 37.7 Å². The molecule has 26 heavy (non-hydrogen) atoms. The lowest BCUT2D eigenvalue weighted by Gasteiger charge is -2.36. The highest BCUT2D eigenvalue weighted by atomic mass is 16.2. The average Bonchev–Trinajstić information content (AvgIpc) is 3.46. The van der Waals surface area contributed by atoms with E-state index in [2.05, 4.69) is 9.80 Å². The number of hydrogen-bond donors (Lipinski definition) is 0. The van der Waals surface area contributed by atoms with Crippen molar-refractivity contribution in [2.75, 3.05) is 26.2 Å². The highest BCUT2D eigenvalue weighted by Gasteiger charge is 2.42. The Morgan fingerprint density at radius 3 is 2.58 bits per heavy atom. The molecule has 4 aliphatic rings. The van der Waals surface area contributed by atoms with E-state index >= 15 is 0 Å². The van der Waals surface area contributed by atoms with Gasteiger partial charge in [-0.15, -0.1) is 0 Å². The van der Waals surface area contributed by atoms with E-state index in [1.165, 1.54) is 18.4 Å². The number of fused-ring (bicyclic) bond motifs is 4. The van der Waals surface area contributed by atoms with Crippen LogP contribution in [0.4, 0.5) is 0 Å². The maximum absolute atomic E-state index is 12.8. The van der Waals surface area contributed by atoms with Crippen LogP contribution in [0.3, 0.4) is 0 Å². The molecular formula is C22H30N2O2. The molecule has 0 spiro atoms. The van der Waals surface area contributed by atoms with E-state index in [0.717, 1.165) is 56.9 Å². The van der Waals surface area contributed by atoms with Crippen molar-refractivity contribution in [1.82, 2.24) is 9.80 Å². The summed E-state index contributed by atoms with van der Waals surface area (Å²) in [6, 6.07) is 8.26. The molecule has 1 aromatic carbocycles. The summed E-state index contributed by atoms with van der Waals surface area (Å²) in [5.74, 6) is 1.57. The van der Waals surface area contributed by atoms with Crippen LogP contribution in [0.1, 0.15) is 54.4 Å². The number of carbonyl (C=O) groups excluding carboxylic acids is 2. The SMILES string of the molecule is Cc1ccc(C(=O)CCCN2C[C@@H]3CC[C@H](C2)N(CC2CC2)C3=O)cc1. The van der Waals surface area contributed by atoms with Gasteiger partial charge in [-0.2, -0.15) is 0 Å². The minimum Gasteiger partial charge on any atom is -0.338 e. The number of hydrogen-bond acceptors (Lipinski definition) is 3. The third-order valence-corrected chi connectivity index (χ3v) is 6.27. The maximum atomic E-state index is 12.8. The van der Waals surface area contributed by atoms with Crippen molar-refractivity contribution in [3.05, 3.63) is 35.4 Å². The number of amides is 1. The first-order chi connectivity index (χ1) is 12.6. The lowest BCUT2D eigenvalue weighted by molar-refractivity contribution is -0.140. The summed E-state index contributed by atoms with van der Waals surface area (Å²) in [7, 11) is 0. The second-order valence-electron chi connectivity index (χ2n) is 8.51. The molecule has 4 nitrogen and oxygen atoms in total. The van der Waals surface area contributed by atoms with E-state index in [1.807, 2.05) is 31.2 Å². The third-order valence-electron chi connectivity index (χ3n) is 6.27. The third kappa shape index (κ3) is 4.01. The maximum Gasteiger partial charge on any atom is 0.227 e. The molecule has 1 aromatic rings. The number of ketones is 1. The zero-order valence-electron chi connectivity index (χ0n) is 15.8. The van der Waals surface area contributed by atoms with Crippen molar-refractivity contribution >= 4 is 11.7 Å². The molecule has 0 radical (unpaired) electrons. The Kier molecular flexibility index (Phi) is 5.12. The predicted molar refractivity (Wildman–Crippen MR) is 102 cm³/mol. The summed E-state index contributed by atoms with van der Waals surface area (Å²) in [6.07, 6.45) is 6.26. The molecule has 2 bridgehead atoms. The van der Waals surface area contributed by atoms with E-state index < -0.39 is 0 Å². The molecule has 4 heteroatoms. The van der Waals surface area contributed by atoms with Crippen molar-refractivity contribution in [3.8, 4) is 0 Å². The van der Waals surface area contributed by atoms with E-state index in [9.17, 15) is 9.59 Å². The number of piperidine rings is 1. The number of nitrogens with zero attached hydrogens (tertiary/aromatic N) is 2. The van der Waals surface area contributed by atoms with Crippen LogP contribution in [-0.2, 0) is 4.79 Å². The summed E-state index contributed by atoms with van der Waals surface area (Å²) in [4.78, 5) is 29.8. The van der Waals surface area contributed by atoms with Crippen LogP contribution in [-0.4, -0.2) is 53.7 Å². The molecule has 140 valence electrons. The first-order valence-electron chi connectivity index (χ1n) is 10.2. The van der Waals surface area contributed by atoms with Gasteiger partial charge in [-0.05, 0) is 51.5 Å². The van der Waals surface area contributed by atoms with Gasteiger partial charge in [0.1, 0.15) is 0 Å². The number of benzene rings is 1. The first kappa shape index (κ1) is 17.7. The smallest absolute Gasteiger partial charge is 0.227 e. The van der Waals surface area contributed by atoms with Crippen molar-refractivity contribution < 1.29 is 9.59 Å². The minimum atomic E-state index is 0.181. The topological polar surface area (TPSA) is 40.6 Å². The van der Waals surface area contributed by atoms with Gasteiger partial charge in [0.25, 0.3) is 0 Å². The number of rotatable bonds is 7. The fourth-order valence-electron chi connectivity index (χ4n) is 4.48. The predicted octanol–water partition coefficient (Wildman–Crippen LogP) is 3.29. The molecule has 0 aromatic heterocycles. The molecule has 3 aliphatic heterocycles. The van der Waals surface area contributed by atoms with Gasteiger partial charge >= 0.3 is 0 Å². The Morgan fingerprint density at radius 2 is 1.85 bits per heavy atom. The highest BCUT2D eigenvalue weighted by molar-refractivity contribution is 5.96. The zero-order valence-corrected chi connectivity index (χ0v) is 15.8. The lowest BCUT2D eigenvalue weighted by atomic mass is 9.94. The summed E-state index contributed by atoms with van der Waals surface area (Å²) >= 11 is 0. The molecule has 5 rings (SSSR count). The molecule has 3 heterocycles. The van der Waals surface area contributed by atoms with E-state index in [0.29, 0.717) is 18.4 Å². The van der Waals surface area contributed by atoms with Crippen LogP contribution >= 0.6 is 0 Å². The van der Waals surface area contributed by atoms with Gasteiger partial charge in [-0.3, -0.25) is 9.59 Å². The number of Topliss-reactive ketones (excluding diaryl/α,β-unsaturated/α-hetero) is 1. The number of aryl methyl sites for hydroxylation is 1. The monoisotopic (exact) mass is 354 g/mol. The van der Waals surface area contributed by atoms with Gasteiger partial charge in [0.2, 0.25) is 5.91 Å². The molecule has 2 atom stereocenters. The van der Waals surface area contributed by atoms with Gasteiger partial charge in [0.05, 0.1) is 5.92 Å². The molecule has 1 aliphatic carbocycles. The van der Waals surface area contributed by atoms with Crippen LogP contribution in [0.2, 0.25) is 0 Å². The van der Waals surface area contributed by atoms with Crippen LogP contribution in [0, 0.1) is 18.8 Å². The zero-order chi connectivity index (χ0) is 18.1. The summed E-state index contributed by atoms with van der Waals surface area (Å²) < 4.78 is 0. The molecule has 0 N–H and O–H groups in total. The fourth-order valence-corrected chi connectivity index (χ4v) is 4.48.